The van der Waals surface area contributed by atoms with E-state index in [1.165, 1.54) is 45.4 Å². The molecule has 0 aliphatic heterocycles. The van der Waals surface area contributed by atoms with Crippen LogP contribution in [-0.4, -0.2) is 74.5 Å². The van der Waals surface area contributed by atoms with Gasteiger partial charge in [-0.2, -0.15) is 0 Å². The third-order valence-corrected chi connectivity index (χ3v) is 3.04. The van der Waals surface area contributed by atoms with Gasteiger partial charge in [-0.1, -0.05) is 58.3 Å². The van der Waals surface area contributed by atoms with Crippen LogP contribution in [-0.2, 0) is 14.3 Å². The second kappa shape index (κ2) is 16.1. The first-order chi connectivity index (χ1) is 9.07. The molecule has 0 aromatic rings. The average Bonchev–Trinajstić information content (AvgIpc) is 2.36. The predicted molar refractivity (Wildman–Crippen MR) is 81.8 cm³/mol. The van der Waals surface area contributed by atoms with Gasteiger partial charge in [0.1, 0.15) is 6.10 Å². The Labute approximate surface area is 165 Å². The quantitative estimate of drug-likeness (QED) is 0.276. The van der Waals surface area contributed by atoms with E-state index in [4.69, 9.17) is 5.11 Å². The number of aliphatic hydroxyl groups is 1. The molecule has 0 saturated carbocycles. The Kier molecular flexibility index (Phi) is 18.5. The maximum absolute atomic E-state index is 11.2. The van der Waals surface area contributed by atoms with Crippen LogP contribution in [0.5, 0.6) is 0 Å². The van der Waals surface area contributed by atoms with Gasteiger partial charge >= 0.3 is 63.3 Å². The minimum absolute atomic E-state index is 0. The van der Waals surface area contributed by atoms with Gasteiger partial charge in [0.2, 0.25) is 0 Å². The molecule has 1 unspecified atom stereocenters. The van der Waals surface area contributed by atoms with Gasteiger partial charge in [0.05, 0.1) is 0 Å². The molecule has 0 bridgehead atoms. The number of esters is 2. The summed E-state index contributed by atoms with van der Waals surface area (Å²) < 4.78 is 4.46. The SMILES string of the molecule is CCCCCCCCCCCC(=O)OC(=O)C(C)O.[KH]. The van der Waals surface area contributed by atoms with E-state index < -0.39 is 18.0 Å². The molecule has 0 heterocycles. The van der Waals surface area contributed by atoms with Crippen molar-refractivity contribution < 1.29 is 19.4 Å². The Hall–Kier alpha value is 0.736. The van der Waals surface area contributed by atoms with Crippen LogP contribution >= 0.6 is 0 Å². The molecule has 5 heteroatoms. The van der Waals surface area contributed by atoms with Crippen LogP contribution in [0.3, 0.4) is 0 Å². The van der Waals surface area contributed by atoms with Crippen molar-refractivity contribution in [2.45, 2.75) is 84.2 Å². The molecule has 0 aliphatic rings. The summed E-state index contributed by atoms with van der Waals surface area (Å²) in [5.74, 6) is -1.39. The first-order valence-corrected chi connectivity index (χ1v) is 7.50. The Morgan fingerprint density at radius 3 is 1.85 bits per heavy atom. The molecule has 0 amide bonds. The van der Waals surface area contributed by atoms with Crippen molar-refractivity contribution >= 4 is 63.3 Å². The van der Waals surface area contributed by atoms with Crippen molar-refractivity contribution in [3.8, 4) is 0 Å². The zero-order valence-electron chi connectivity index (χ0n) is 12.3. The summed E-state index contributed by atoms with van der Waals surface area (Å²) >= 11 is 0. The van der Waals surface area contributed by atoms with Crippen molar-refractivity contribution in [3.63, 3.8) is 0 Å². The Bertz CT molecular complexity index is 254. The van der Waals surface area contributed by atoms with Crippen LogP contribution in [0.25, 0.3) is 0 Å². The van der Waals surface area contributed by atoms with E-state index in [0.717, 1.165) is 19.3 Å². The fourth-order valence-electron chi connectivity index (χ4n) is 1.83. The summed E-state index contributed by atoms with van der Waals surface area (Å²) in [5, 5.41) is 8.87. The molecule has 0 aromatic heterocycles. The molecule has 1 N–H and O–H groups in total. The van der Waals surface area contributed by atoms with E-state index in [2.05, 4.69) is 11.7 Å². The normalized spacial score (nSPS) is 11.6. The van der Waals surface area contributed by atoms with Crippen molar-refractivity contribution in [1.82, 2.24) is 0 Å². The second-order valence-corrected chi connectivity index (χ2v) is 5.05. The number of rotatable bonds is 11. The maximum atomic E-state index is 11.2. The number of hydrogen-bond donors (Lipinski definition) is 1. The van der Waals surface area contributed by atoms with Crippen molar-refractivity contribution in [3.05, 3.63) is 0 Å². The minimum atomic E-state index is -1.23. The molecule has 0 radical (unpaired) electrons. The van der Waals surface area contributed by atoms with Crippen LogP contribution in [0.4, 0.5) is 0 Å². The van der Waals surface area contributed by atoms with E-state index in [-0.39, 0.29) is 57.8 Å². The van der Waals surface area contributed by atoms with Crippen molar-refractivity contribution in [1.29, 1.82) is 0 Å². The van der Waals surface area contributed by atoms with Gasteiger partial charge in [-0.25, -0.2) is 4.79 Å². The molecule has 0 aliphatic carbocycles. The van der Waals surface area contributed by atoms with Crippen molar-refractivity contribution in [2.75, 3.05) is 0 Å². The molecule has 0 saturated heterocycles. The first-order valence-electron chi connectivity index (χ1n) is 7.50. The zero-order chi connectivity index (χ0) is 14.5. The van der Waals surface area contributed by atoms with Crippen LogP contribution in [0, 0.1) is 0 Å². The molecule has 4 nitrogen and oxygen atoms in total. The number of ether oxygens (including phenoxy) is 1. The van der Waals surface area contributed by atoms with Crippen LogP contribution < -0.4 is 0 Å². The van der Waals surface area contributed by atoms with Gasteiger partial charge in [0.15, 0.2) is 0 Å². The first kappa shape index (κ1) is 23.0. The Balaban J connectivity index is 0. The van der Waals surface area contributed by atoms with E-state index in [0.29, 0.717) is 0 Å². The van der Waals surface area contributed by atoms with Crippen molar-refractivity contribution in [2.24, 2.45) is 0 Å². The van der Waals surface area contributed by atoms with E-state index in [1.807, 2.05) is 0 Å². The Morgan fingerprint density at radius 1 is 0.950 bits per heavy atom. The van der Waals surface area contributed by atoms with E-state index in [9.17, 15) is 9.59 Å². The van der Waals surface area contributed by atoms with Gasteiger partial charge in [-0.3, -0.25) is 4.79 Å². The summed E-state index contributed by atoms with van der Waals surface area (Å²) in [6.07, 6.45) is 9.60. The van der Waals surface area contributed by atoms with Crippen LogP contribution in [0.15, 0.2) is 0 Å². The van der Waals surface area contributed by atoms with Crippen LogP contribution in [0.1, 0.15) is 78.1 Å². The van der Waals surface area contributed by atoms with Gasteiger partial charge in [0, 0.05) is 6.42 Å². The molecular formula is C15H29KO4. The Morgan fingerprint density at radius 2 is 1.40 bits per heavy atom. The zero-order valence-corrected chi connectivity index (χ0v) is 12.3. The molecule has 0 fully saturated rings. The number of carbonyl (C=O) groups excluding carboxylic acids is 2. The van der Waals surface area contributed by atoms with Gasteiger partial charge in [-0.05, 0) is 13.3 Å². The average molecular weight is 312 g/mol. The fraction of sp³-hybridized carbons (Fsp3) is 0.867. The number of unbranched alkanes of at least 4 members (excludes halogenated alkanes) is 8. The van der Waals surface area contributed by atoms with Gasteiger partial charge in [-0.15, -0.1) is 0 Å². The molecule has 114 valence electrons. The predicted octanol–water partition coefficient (Wildman–Crippen LogP) is 2.71. The summed E-state index contributed by atoms with van der Waals surface area (Å²) in [6.45, 7) is 3.50. The third-order valence-electron chi connectivity index (χ3n) is 3.04. The van der Waals surface area contributed by atoms with E-state index in [1.54, 1.807) is 0 Å². The summed E-state index contributed by atoms with van der Waals surface area (Å²) in [5.41, 5.74) is 0. The third kappa shape index (κ3) is 15.1. The fourth-order valence-corrected chi connectivity index (χ4v) is 1.83. The molecule has 0 rings (SSSR count). The standard InChI is InChI=1S/C15H28O4.K.H/c1-3-4-5-6-7-8-9-10-11-12-14(17)19-15(18)13(2)16;;/h13,16H,3-12H2,1-2H3;;. The van der Waals surface area contributed by atoms with E-state index >= 15 is 0 Å². The van der Waals surface area contributed by atoms with Crippen LogP contribution in [0.2, 0.25) is 0 Å². The second-order valence-electron chi connectivity index (χ2n) is 5.05. The molecule has 20 heavy (non-hydrogen) atoms. The van der Waals surface area contributed by atoms with Gasteiger partial charge in [0.25, 0.3) is 0 Å². The topological polar surface area (TPSA) is 63.6 Å². The number of carbonyl (C=O) groups is 2. The molecule has 0 spiro atoms. The summed E-state index contributed by atoms with van der Waals surface area (Å²) in [7, 11) is 0. The number of hydrogen-bond acceptors (Lipinski definition) is 4. The summed E-state index contributed by atoms with van der Waals surface area (Å²) in [4.78, 5) is 22.1. The van der Waals surface area contributed by atoms with Gasteiger partial charge < -0.3 is 9.84 Å². The molecular weight excluding hydrogens is 283 g/mol. The monoisotopic (exact) mass is 312 g/mol. The number of aliphatic hydroxyl groups excluding tert-OH is 1. The molecule has 1 atom stereocenters. The summed E-state index contributed by atoms with van der Waals surface area (Å²) in [6, 6.07) is 0. The molecule has 0 aromatic carbocycles.